The van der Waals surface area contributed by atoms with Crippen molar-refractivity contribution in [3.63, 3.8) is 0 Å². The zero-order valence-electron chi connectivity index (χ0n) is 13.1. The van der Waals surface area contributed by atoms with Gasteiger partial charge in [0, 0.05) is 23.8 Å². The van der Waals surface area contributed by atoms with Gasteiger partial charge in [-0.15, -0.1) is 0 Å². The van der Waals surface area contributed by atoms with Crippen molar-refractivity contribution < 1.29 is 0 Å². The maximum Gasteiger partial charge on any atom is 0.0407 e. The van der Waals surface area contributed by atoms with Gasteiger partial charge in [0.05, 0.1) is 0 Å². The van der Waals surface area contributed by atoms with Crippen molar-refractivity contribution in [2.75, 3.05) is 0 Å². The Hall–Kier alpha value is -1.70. The van der Waals surface area contributed by atoms with Gasteiger partial charge in [-0.25, -0.2) is 0 Å². The fourth-order valence-corrected chi connectivity index (χ4v) is 2.53. The molecule has 106 valence electrons. The van der Waals surface area contributed by atoms with Crippen molar-refractivity contribution >= 4 is 0 Å². The number of aromatic nitrogens is 2. The van der Waals surface area contributed by atoms with Gasteiger partial charge in [0.2, 0.25) is 0 Å². The van der Waals surface area contributed by atoms with E-state index in [-0.39, 0.29) is 0 Å². The summed E-state index contributed by atoms with van der Waals surface area (Å²) in [5.41, 5.74) is 6.18. The standard InChI is InChI=1S/C18H24N2/c1-12(2)18-9-16(10-20-15(18)5)8-13(3)17-7-6-14(4)19-11-17/h6-7,9-13H,8H2,1-5H3. The fraction of sp³-hybridized carbons (Fsp3) is 0.444. The molecule has 2 aromatic heterocycles. The van der Waals surface area contributed by atoms with Gasteiger partial charge in [-0.3, -0.25) is 9.97 Å². The van der Waals surface area contributed by atoms with Gasteiger partial charge >= 0.3 is 0 Å². The highest BCUT2D eigenvalue weighted by molar-refractivity contribution is 5.29. The van der Waals surface area contributed by atoms with Gasteiger partial charge in [-0.1, -0.05) is 32.9 Å². The molecule has 0 saturated heterocycles. The van der Waals surface area contributed by atoms with Crippen LogP contribution >= 0.6 is 0 Å². The van der Waals surface area contributed by atoms with E-state index < -0.39 is 0 Å². The van der Waals surface area contributed by atoms with Crippen LogP contribution in [0, 0.1) is 13.8 Å². The third-order valence-electron chi connectivity index (χ3n) is 3.85. The van der Waals surface area contributed by atoms with Crippen molar-refractivity contribution in [2.24, 2.45) is 0 Å². The molecule has 20 heavy (non-hydrogen) atoms. The third kappa shape index (κ3) is 3.44. The minimum atomic E-state index is 0.465. The predicted molar refractivity (Wildman–Crippen MR) is 84.2 cm³/mol. The Kier molecular flexibility index (Phi) is 4.53. The second kappa shape index (κ2) is 6.17. The molecule has 0 fully saturated rings. The molecule has 0 saturated carbocycles. The topological polar surface area (TPSA) is 25.8 Å². The Morgan fingerprint density at radius 3 is 2.35 bits per heavy atom. The molecule has 0 N–H and O–H groups in total. The van der Waals surface area contributed by atoms with Crippen molar-refractivity contribution in [1.82, 2.24) is 9.97 Å². The van der Waals surface area contributed by atoms with E-state index in [0.29, 0.717) is 11.8 Å². The first kappa shape index (κ1) is 14.7. The maximum atomic E-state index is 4.55. The van der Waals surface area contributed by atoms with E-state index in [1.165, 1.54) is 16.7 Å². The second-order valence-electron chi connectivity index (χ2n) is 6.01. The van der Waals surface area contributed by atoms with Crippen LogP contribution in [-0.2, 0) is 6.42 Å². The van der Waals surface area contributed by atoms with Gasteiger partial charge in [0.15, 0.2) is 0 Å². The van der Waals surface area contributed by atoms with E-state index >= 15 is 0 Å². The van der Waals surface area contributed by atoms with Crippen molar-refractivity contribution in [1.29, 1.82) is 0 Å². The lowest BCUT2D eigenvalue weighted by molar-refractivity contribution is 0.743. The Morgan fingerprint density at radius 2 is 1.75 bits per heavy atom. The first-order valence-electron chi connectivity index (χ1n) is 7.35. The number of aryl methyl sites for hydroxylation is 2. The SMILES string of the molecule is Cc1ccc(C(C)Cc2cnc(C)c(C(C)C)c2)cn1. The molecule has 0 amide bonds. The molecular weight excluding hydrogens is 244 g/mol. The molecule has 0 spiro atoms. The smallest absolute Gasteiger partial charge is 0.0407 e. The quantitative estimate of drug-likeness (QED) is 0.812. The average Bonchev–Trinajstić information content (AvgIpc) is 2.41. The Balaban J connectivity index is 2.17. The van der Waals surface area contributed by atoms with E-state index in [0.717, 1.165) is 17.8 Å². The van der Waals surface area contributed by atoms with Crippen LogP contribution in [0.15, 0.2) is 30.6 Å². The van der Waals surface area contributed by atoms with Crippen molar-refractivity contribution in [2.45, 2.75) is 52.9 Å². The van der Waals surface area contributed by atoms with Crippen LogP contribution in [0.4, 0.5) is 0 Å². The molecule has 2 rings (SSSR count). The Bertz CT molecular complexity index is 570. The number of nitrogens with zero attached hydrogens (tertiary/aromatic N) is 2. The first-order valence-corrected chi connectivity index (χ1v) is 7.35. The van der Waals surface area contributed by atoms with Crippen LogP contribution in [0.3, 0.4) is 0 Å². The number of hydrogen-bond donors (Lipinski definition) is 0. The van der Waals surface area contributed by atoms with Crippen LogP contribution in [0.5, 0.6) is 0 Å². The molecular formula is C18H24N2. The summed E-state index contributed by atoms with van der Waals surface area (Å²) in [5.74, 6) is 0.992. The zero-order chi connectivity index (χ0) is 14.7. The molecule has 0 aliphatic rings. The molecule has 2 heterocycles. The lowest BCUT2D eigenvalue weighted by Crippen LogP contribution is -2.03. The second-order valence-corrected chi connectivity index (χ2v) is 6.01. The molecule has 0 aliphatic heterocycles. The molecule has 1 atom stereocenters. The maximum absolute atomic E-state index is 4.55. The molecule has 2 heteroatoms. The minimum Gasteiger partial charge on any atom is -0.261 e. The van der Waals surface area contributed by atoms with Gasteiger partial charge in [-0.05, 0) is 54.9 Å². The molecule has 2 nitrogen and oxygen atoms in total. The summed E-state index contributed by atoms with van der Waals surface area (Å²) < 4.78 is 0. The van der Waals surface area contributed by atoms with Crippen LogP contribution in [0.1, 0.15) is 60.7 Å². The third-order valence-corrected chi connectivity index (χ3v) is 3.85. The molecule has 1 unspecified atom stereocenters. The average molecular weight is 268 g/mol. The predicted octanol–water partition coefficient (Wildman–Crippen LogP) is 4.56. The van der Waals surface area contributed by atoms with Crippen LogP contribution < -0.4 is 0 Å². The highest BCUT2D eigenvalue weighted by Crippen LogP contribution is 2.23. The summed E-state index contributed by atoms with van der Waals surface area (Å²) in [6, 6.07) is 6.57. The highest BCUT2D eigenvalue weighted by atomic mass is 14.7. The minimum absolute atomic E-state index is 0.465. The largest absolute Gasteiger partial charge is 0.261 e. The Morgan fingerprint density at radius 1 is 1.00 bits per heavy atom. The summed E-state index contributed by atoms with van der Waals surface area (Å²) >= 11 is 0. The zero-order valence-corrected chi connectivity index (χ0v) is 13.1. The molecule has 0 radical (unpaired) electrons. The van der Waals surface area contributed by atoms with Crippen LogP contribution in [0.2, 0.25) is 0 Å². The number of pyridine rings is 2. The molecule has 2 aromatic rings. The number of rotatable bonds is 4. The van der Waals surface area contributed by atoms with Gasteiger partial charge in [0.1, 0.15) is 0 Å². The first-order chi connectivity index (χ1) is 9.47. The van der Waals surface area contributed by atoms with E-state index in [1.54, 1.807) is 0 Å². The summed E-state index contributed by atoms with van der Waals surface area (Å²) in [5, 5.41) is 0. The summed E-state index contributed by atoms with van der Waals surface area (Å²) in [4.78, 5) is 8.93. The van der Waals surface area contributed by atoms with E-state index in [1.807, 2.05) is 19.3 Å². The fourth-order valence-electron chi connectivity index (χ4n) is 2.53. The summed E-state index contributed by atoms with van der Waals surface area (Å²) in [6.45, 7) is 10.8. The summed E-state index contributed by atoms with van der Waals surface area (Å²) in [7, 11) is 0. The molecule has 0 aliphatic carbocycles. The lowest BCUT2D eigenvalue weighted by atomic mass is 9.93. The van der Waals surface area contributed by atoms with Crippen molar-refractivity contribution in [3.8, 4) is 0 Å². The van der Waals surface area contributed by atoms with Crippen molar-refractivity contribution in [3.05, 3.63) is 58.7 Å². The van der Waals surface area contributed by atoms with E-state index in [4.69, 9.17) is 0 Å². The molecule has 0 bridgehead atoms. The summed E-state index contributed by atoms with van der Waals surface area (Å²) in [6.07, 6.45) is 5.02. The van der Waals surface area contributed by atoms with E-state index in [9.17, 15) is 0 Å². The van der Waals surface area contributed by atoms with Gasteiger partial charge in [0.25, 0.3) is 0 Å². The van der Waals surface area contributed by atoms with Crippen LogP contribution in [0.25, 0.3) is 0 Å². The highest BCUT2D eigenvalue weighted by Gasteiger charge is 2.10. The van der Waals surface area contributed by atoms with E-state index in [2.05, 4.69) is 55.9 Å². The van der Waals surface area contributed by atoms with Gasteiger partial charge < -0.3 is 0 Å². The monoisotopic (exact) mass is 268 g/mol. The van der Waals surface area contributed by atoms with Crippen LogP contribution in [-0.4, -0.2) is 9.97 Å². The lowest BCUT2D eigenvalue weighted by Gasteiger charge is -2.15. The molecule has 0 aromatic carbocycles. The normalized spacial score (nSPS) is 12.7. The number of hydrogen-bond acceptors (Lipinski definition) is 2. The Labute approximate surface area is 122 Å². The van der Waals surface area contributed by atoms with Gasteiger partial charge in [-0.2, -0.15) is 0 Å².